The number of thioether (sulfide) groups is 1. The van der Waals surface area contributed by atoms with Crippen LogP contribution in [0, 0.1) is 12.3 Å². The lowest BCUT2D eigenvalue weighted by Gasteiger charge is -2.08. The summed E-state index contributed by atoms with van der Waals surface area (Å²) >= 11 is 1.61. The monoisotopic (exact) mass is 257 g/mol. The summed E-state index contributed by atoms with van der Waals surface area (Å²) in [7, 11) is 0. The maximum absolute atomic E-state index is 7.55. The fraction of sp³-hybridized carbons (Fsp3) is 0.143. The van der Waals surface area contributed by atoms with Gasteiger partial charge in [0.05, 0.1) is 0 Å². The number of amidine groups is 1. The van der Waals surface area contributed by atoms with Gasteiger partial charge in [-0.15, -0.1) is 11.8 Å². The van der Waals surface area contributed by atoms with Crippen molar-refractivity contribution in [1.82, 2.24) is 4.98 Å². The van der Waals surface area contributed by atoms with Crippen molar-refractivity contribution in [3.63, 3.8) is 0 Å². The van der Waals surface area contributed by atoms with Crippen LogP contribution in [0.1, 0.15) is 16.8 Å². The second-order valence-corrected chi connectivity index (χ2v) is 4.96. The summed E-state index contributed by atoms with van der Waals surface area (Å²) in [6.45, 7) is 1.94. The van der Waals surface area contributed by atoms with Gasteiger partial charge in [0.15, 0.2) is 0 Å². The van der Waals surface area contributed by atoms with Gasteiger partial charge in [0.2, 0.25) is 0 Å². The maximum Gasteiger partial charge on any atom is 0.125 e. The number of aromatic nitrogens is 1. The van der Waals surface area contributed by atoms with Crippen LogP contribution in [-0.4, -0.2) is 10.8 Å². The van der Waals surface area contributed by atoms with E-state index in [9.17, 15) is 0 Å². The first-order valence-electron chi connectivity index (χ1n) is 5.65. The number of nitrogen functional groups attached to an aromatic ring is 1. The van der Waals surface area contributed by atoms with Crippen LogP contribution in [0.4, 0.5) is 0 Å². The van der Waals surface area contributed by atoms with Gasteiger partial charge < -0.3 is 5.73 Å². The second-order valence-electron chi connectivity index (χ2n) is 3.99. The van der Waals surface area contributed by atoms with E-state index >= 15 is 0 Å². The normalized spacial score (nSPS) is 10.3. The van der Waals surface area contributed by atoms with Crippen LogP contribution in [0.15, 0.2) is 47.5 Å². The number of pyridine rings is 1. The molecule has 2 rings (SSSR count). The van der Waals surface area contributed by atoms with Gasteiger partial charge in [-0.25, -0.2) is 4.98 Å². The van der Waals surface area contributed by atoms with Crippen LogP contribution in [0.5, 0.6) is 0 Å². The molecule has 0 unspecified atom stereocenters. The molecule has 0 saturated carbocycles. The number of hydrogen-bond donors (Lipinski definition) is 2. The molecule has 0 bridgehead atoms. The minimum atomic E-state index is 0.0676. The van der Waals surface area contributed by atoms with E-state index < -0.39 is 0 Å². The summed E-state index contributed by atoms with van der Waals surface area (Å²) < 4.78 is 0. The summed E-state index contributed by atoms with van der Waals surface area (Å²) in [4.78, 5) is 4.45. The molecule has 3 N–H and O–H groups in total. The molecule has 3 nitrogen and oxygen atoms in total. The zero-order valence-electron chi connectivity index (χ0n) is 10.2. The Kier molecular flexibility index (Phi) is 3.99. The van der Waals surface area contributed by atoms with E-state index in [0.29, 0.717) is 5.56 Å². The summed E-state index contributed by atoms with van der Waals surface area (Å²) in [5.74, 6) is 0.899. The Morgan fingerprint density at radius 3 is 2.61 bits per heavy atom. The molecule has 0 spiro atoms. The highest BCUT2D eigenvalue weighted by Gasteiger charge is 2.08. The molecule has 0 saturated heterocycles. The highest BCUT2D eigenvalue weighted by atomic mass is 32.2. The Labute approximate surface area is 111 Å². The van der Waals surface area contributed by atoms with E-state index in [1.54, 1.807) is 11.8 Å². The molecule has 0 aliphatic heterocycles. The lowest BCUT2D eigenvalue weighted by atomic mass is 10.2. The lowest BCUT2D eigenvalue weighted by Crippen LogP contribution is -2.13. The van der Waals surface area contributed by atoms with Gasteiger partial charge in [-0.2, -0.15) is 0 Å². The minimum Gasteiger partial charge on any atom is -0.384 e. The fourth-order valence-electron chi connectivity index (χ4n) is 1.57. The van der Waals surface area contributed by atoms with Crippen molar-refractivity contribution in [2.24, 2.45) is 5.73 Å². The third kappa shape index (κ3) is 3.11. The van der Waals surface area contributed by atoms with E-state index in [-0.39, 0.29) is 5.84 Å². The Balaban J connectivity index is 2.18. The first-order valence-corrected chi connectivity index (χ1v) is 6.64. The number of rotatable bonds is 4. The van der Waals surface area contributed by atoms with Gasteiger partial charge >= 0.3 is 0 Å². The molecule has 18 heavy (non-hydrogen) atoms. The van der Waals surface area contributed by atoms with E-state index in [2.05, 4.69) is 17.1 Å². The molecular formula is C14H15N3S. The topological polar surface area (TPSA) is 62.8 Å². The van der Waals surface area contributed by atoms with E-state index in [1.807, 2.05) is 37.3 Å². The Bertz CT molecular complexity index is 552. The number of nitrogens with one attached hydrogen (secondary N) is 1. The van der Waals surface area contributed by atoms with Crippen LogP contribution in [0.2, 0.25) is 0 Å². The van der Waals surface area contributed by atoms with Crippen LogP contribution >= 0.6 is 11.8 Å². The third-order valence-corrected chi connectivity index (χ3v) is 3.57. The van der Waals surface area contributed by atoms with E-state index in [1.165, 1.54) is 5.56 Å². The van der Waals surface area contributed by atoms with Crippen LogP contribution in [0.3, 0.4) is 0 Å². The van der Waals surface area contributed by atoms with Gasteiger partial charge in [-0.1, -0.05) is 30.3 Å². The number of nitrogens with zero attached hydrogens (tertiary/aromatic N) is 1. The largest absolute Gasteiger partial charge is 0.384 e. The van der Waals surface area contributed by atoms with Crippen molar-refractivity contribution < 1.29 is 0 Å². The molecule has 2 aromatic rings. The molecule has 0 aliphatic carbocycles. The van der Waals surface area contributed by atoms with Crippen molar-refractivity contribution in [1.29, 1.82) is 5.41 Å². The Morgan fingerprint density at radius 1 is 1.22 bits per heavy atom. The molecule has 4 heteroatoms. The van der Waals surface area contributed by atoms with Crippen LogP contribution in [0.25, 0.3) is 0 Å². The molecule has 0 aliphatic rings. The smallest absolute Gasteiger partial charge is 0.125 e. The van der Waals surface area contributed by atoms with Gasteiger partial charge in [-0.3, -0.25) is 5.41 Å². The number of aryl methyl sites for hydroxylation is 1. The molecule has 1 aromatic carbocycles. The molecule has 1 aromatic heterocycles. The average molecular weight is 257 g/mol. The lowest BCUT2D eigenvalue weighted by molar-refractivity contribution is 1.05. The van der Waals surface area contributed by atoms with Gasteiger partial charge in [0, 0.05) is 17.0 Å². The highest BCUT2D eigenvalue weighted by Crippen LogP contribution is 2.24. The molecule has 92 valence electrons. The number of hydrogen-bond acceptors (Lipinski definition) is 3. The third-order valence-electron chi connectivity index (χ3n) is 2.51. The standard InChI is InChI=1S/C14H15N3S/c1-10-7-8-12(13(15)16)14(17-10)18-9-11-5-3-2-4-6-11/h2-8H,9H2,1H3,(H3,15,16). The molecule has 0 atom stereocenters. The molecule has 0 radical (unpaired) electrons. The first-order chi connectivity index (χ1) is 8.66. The van der Waals surface area contributed by atoms with Gasteiger partial charge in [-0.05, 0) is 24.6 Å². The second kappa shape index (κ2) is 5.69. The molecule has 0 amide bonds. The SMILES string of the molecule is Cc1ccc(C(=N)N)c(SCc2ccccc2)n1. The molecule has 0 fully saturated rings. The van der Waals surface area contributed by atoms with Gasteiger partial charge in [0.1, 0.15) is 10.9 Å². The van der Waals surface area contributed by atoms with Crippen LogP contribution < -0.4 is 5.73 Å². The van der Waals surface area contributed by atoms with Crippen molar-refractivity contribution >= 4 is 17.6 Å². The Hall–Kier alpha value is -1.81. The van der Waals surface area contributed by atoms with Gasteiger partial charge in [0.25, 0.3) is 0 Å². The average Bonchev–Trinajstić information content (AvgIpc) is 2.37. The summed E-state index contributed by atoms with van der Waals surface area (Å²) in [6, 6.07) is 13.9. The quantitative estimate of drug-likeness (QED) is 0.503. The van der Waals surface area contributed by atoms with Crippen LogP contribution in [-0.2, 0) is 5.75 Å². The van der Waals surface area contributed by atoms with E-state index in [0.717, 1.165) is 16.5 Å². The predicted molar refractivity (Wildman–Crippen MR) is 76.0 cm³/mol. The highest BCUT2D eigenvalue weighted by molar-refractivity contribution is 7.98. The van der Waals surface area contributed by atoms with E-state index in [4.69, 9.17) is 11.1 Å². The maximum atomic E-state index is 7.55. The minimum absolute atomic E-state index is 0.0676. The first kappa shape index (κ1) is 12.6. The van der Waals surface area contributed by atoms with Crippen molar-refractivity contribution in [2.75, 3.05) is 0 Å². The summed E-state index contributed by atoms with van der Waals surface area (Å²) in [5.41, 5.74) is 8.45. The zero-order chi connectivity index (χ0) is 13.0. The Morgan fingerprint density at radius 2 is 1.94 bits per heavy atom. The molecule has 1 heterocycles. The zero-order valence-corrected chi connectivity index (χ0v) is 11.0. The molecular weight excluding hydrogens is 242 g/mol. The predicted octanol–water partition coefficient (Wildman–Crippen LogP) is 2.97. The number of nitrogens with two attached hydrogens (primary N) is 1. The van der Waals surface area contributed by atoms with Crippen molar-refractivity contribution in [3.05, 3.63) is 59.3 Å². The summed E-state index contributed by atoms with van der Waals surface area (Å²) in [6.07, 6.45) is 0. The number of benzene rings is 1. The fourth-order valence-corrected chi connectivity index (χ4v) is 2.61. The van der Waals surface area contributed by atoms with Crippen molar-refractivity contribution in [2.45, 2.75) is 17.7 Å². The summed E-state index contributed by atoms with van der Waals surface area (Å²) in [5, 5.41) is 8.38. The van der Waals surface area contributed by atoms with Crippen molar-refractivity contribution in [3.8, 4) is 0 Å².